The standard InChI is InChI=1S/C50H30N2S/c1-2-14-44-41(12-1)42-23-22-38(30-46(42)49-48(44)51-24-25-52-49)34-11-6-9-32(27-34)31-8-5-10-33(26-31)35-18-19-37-29-39(21-20-36(37)28-35)40-15-7-16-45-43-13-3-4-17-47(43)53-50(40)45/h1-30H. The second-order valence-corrected chi connectivity index (χ2v) is 14.8. The van der Waals surface area contributed by atoms with Gasteiger partial charge in [-0.25, -0.2) is 0 Å². The van der Waals surface area contributed by atoms with Crippen molar-refractivity contribution in [1.29, 1.82) is 0 Å². The van der Waals surface area contributed by atoms with E-state index in [2.05, 4.69) is 170 Å². The lowest BCUT2D eigenvalue weighted by molar-refractivity contribution is 1.31. The number of hydrogen-bond donors (Lipinski definition) is 0. The number of nitrogens with zero attached hydrogens (tertiary/aromatic N) is 2. The van der Waals surface area contributed by atoms with Crippen molar-refractivity contribution in [3.05, 3.63) is 182 Å². The monoisotopic (exact) mass is 690 g/mol. The van der Waals surface area contributed by atoms with Crippen LogP contribution in [0.2, 0.25) is 0 Å². The Balaban J connectivity index is 0.940. The summed E-state index contributed by atoms with van der Waals surface area (Å²) in [6.45, 7) is 0. The van der Waals surface area contributed by atoms with Crippen molar-refractivity contribution in [2.24, 2.45) is 0 Å². The lowest BCUT2D eigenvalue weighted by Crippen LogP contribution is -1.89. The molecule has 53 heavy (non-hydrogen) atoms. The van der Waals surface area contributed by atoms with Gasteiger partial charge in [0.05, 0.1) is 11.0 Å². The van der Waals surface area contributed by atoms with Crippen LogP contribution in [0.15, 0.2) is 182 Å². The van der Waals surface area contributed by atoms with Crippen LogP contribution in [0.4, 0.5) is 0 Å². The molecule has 2 aromatic heterocycles. The summed E-state index contributed by atoms with van der Waals surface area (Å²) in [5.74, 6) is 0. The number of benzene rings is 9. The molecule has 11 aromatic rings. The first-order valence-electron chi connectivity index (χ1n) is 18.0. The zero-order valence-corrected chi connectivity index (χ0v) is 29.4. The minimum absolute atomic E-state index is 0.937. The van der Waals surface area contributed by atoms with Crippen molar-refractivity contribution < 1.29 is 0 Å². The predicted molar refractivity (Wildman–Crippen MR) is 227 cm³/mol. The number of rotatable bonds is 4. The summed E-state index contributed by atoms with van der Waals surface area (Å²) < 4.78 is 2.68. The smallest absolute Gasteiger partial charge is 0.0971 e. The fraction of sp³-hybridized carbons (Fsp3) is 0. The molecular weight excluding hydrogens is 661 g/mol. The topological polar surface area (TPSA) is 25.8 Å². The van der Waals surface area contributed by atoms with Gasteiger partial charge in [-0.05, 0) is 102 Å². The van der Waals surface area contributed by atoms with E-state index < -0.39 is 0 Å². The zero-order valence-electron chi connectivity index (χ0n) is 28.6. The maximum atomic E-state index is 4.79. The molecule has 0 aliphatic rings. The molecule has 0 saturated carbocycles. The Bertz CT molecular complexity index is 3210. The third kappa shape index (κ3) is 4.93. The molecule has 2 heterocycles. The van der Waals surface area contributed by atoms with Crippen molar-refractivity contribution in [1.82, 2.24) is 9.97 Å². The van der Waals surface area contributed by atoms with Crippen LogP contribution in [0.25, 0.3) is 108 Å². The van der Waals surface area contributed by atoms with Crippen LogP contribution in [0.3, 0.4) is 0 Å². The van der Waals surface area contributed by atoms with Crippen LogP contribution < -0.4 is 0 Å². The van der Waals surface area contributed by atoms with Crippen LogP contribution >= 0.6 is 11.3 Å². The number of aromatic nitrogens is 2. The van der Waals surface area contributed by atoms with Crippen LogP contribution in [0.5, 0.6) is 0 Å². The Kier molecular flexibility index (Phi) is 6.76. The fourth-order valence-corrected chi connectivity index (χ4v) is 9.37. The molecule has 0 aliphatic heterocycles. The highest BCUT2D eigenvalue weighted by Crippen LogP contribution is 2.41. The van der Waals surface area contributed by atoms with Crippen molar-refractivity contribution in [2.45, 2.75) is 0 Å². The van der Waals surface area contributed by atoms with Gasteiger partial charge in [-0.15, -0.1) is 11.3 Å². The van der Waals surface area contributed by atoms with E-state index in [0.29, 0.717) is 0 Å². The van der Waals surface area contributed by atoms with Gasteiger partial charge in [0.2, 0.25) is 0 Å². The molecule has 3 heteroatoms. The first-order chi connectivity index (χ1) is 26.2. The first-order valence-corrected chi connectivity index (χ1v) is 18.8. The highest BCUT2D eigenvalue weighted by molar-refractivity contribution is 7.26. The second-order valence-electron chi connectivity index (χ2n) is 13.8. The average Bonchev–Trinajstić information content (AvgIpc) is 3.62. The Hall–Kier alpha value is -6.68. The van der Waals surface area contributed by atoms with Crippen LogP contribution in [0, 0.1) is 0 Å². The zero-order chi connectivity index (χ0) is 34.9. The molecule has 0 unspecified atom stereocenters. The van der Waals surface area contributed by atoms with E-state index in [-0.39, 0.29) is 0 Å². The minimum Gasteiger partial charge on any atom is -0.252 e. The molecule has 0 spiro atoms. The third-order valence-electron chi connectivity index (χ3n) is 10.7. The Morgan fingerprint density at radius 2 is 0.830 bits per heavy atom. The van der Waals surface area contributed by atoms with Gasteiger partial charge in [0.15, 0.2) is 0 Å². The van der Waals surface area contributed by atoms with Crippen molar-refractivity contribution in [2.75, 3.05) is 0 Å². The molecule has 0 amide bonds. The molecule has 0 N–H and O–H groups in total. The summed E-state index contributed by atoms with van der Waals surface area (Å²) in [5.41, 5.74) is 11.6. The van der Waals surface area contributed by atoms with Crippen LogP contribution in [0.1, 0.15) is 0 Å². The van der Waals surface area contributed by atoms with Gasteiger partial charge in [-0.2, -0.15) is 0 Å². The first kappa shape index (κ1) is 30.0. The summed E-state index contributed by atoms with van der Waals surface area (Å²) in [5, 5.41) is 9.80. The molecule has 0 fully saturated rings. The highest BCUT2D eigenvalue weighted by Gasteiger charge is 2.13. The van der Waals surface area contributed by atoms with E-state index in [4.69, 9.17) is 9.97 Å². The SMILES string of the molecule is c1cc(-c2cccc(-c3ccc4c5ccccc5c5nccnc5c4c3)c2)cc(-c2ccc3cc(-c4cccc5c4sc4ccccc45)ccc3c2)c1. The molecular formula is C50H30N2S. The van der Waals surface area contributed by atoms with Crippen molar-refractivity contribution >= 4 is 74.9 Å². The van der Waals surface area contributed by atoms with E-state index in [1.165, 1.54) is 80.7 Å². The summed E-state index contributed by atoms with van der Waals surface area (Å²) >= 11 is 1.88. The molecule has 2 nitrogen and oxygen atoms in total. The van der Waals surface area contributed by atoms with E-state index in [1.54, 1.807) is 12.4 Å². The maximum Gasteiger partial charge on any atom is 0.0971 e. The Morgan fingerprint density at radius 3 is 1.57 bits per heavy atom. The second kappa shape index (κ2) is 11.9. The largest absolute Gasteiger partial charge is 0.252 e. The quantitative estimate of drug-likeness (QED) is 0.172. The van der Waals surface area contributed by atoms with Gasteiger partial charge in [-0.3, -0.25) is 9.97 Å². The number of fused-ring (bicyclic) bond motifs is 10. The molecule has 0 atom stereocenters. The number of hydrogen-bond acceptors (Lipinski definition) is 3. The number of thiophene rings is 1. The van der Waals surface area contributed by atoms with E-state index in [1.807, 2.05) is 11.3 Å². The minimum atomic E-state index is 0.937. The van der Waals surface area contributed by atoms with Crippen LogP contribution in [-0.4, -0.2) is 9.97 Å². The summed E-state index contributed by atoms with van der Waals surface area (Å²) in [6, 6.07) is 62.1. The van der Waals surface area contributed by atoms with E-state index in [0.717, 1.165) is 27.4 Å². The molecule has 246 valence electrons. The molecule has 0 saturated heterocycles. The molecule has 11 rings (SSSR count). The lowest BCUT2D eigenvalue weighted by atomic mass is 9.93. The fourth-order valence-electron chi connectivity index (χ4n) is 8.14. The van der Waals surface area contributed by atoms with E-state index >= 15 is 0 Å². The van der Waals surface area contributed by atoms with E-state index in [9.17, 15) is 0 Å². The normalized spacial score (nSPS) is 11.8. The summed E-state index contributed by atoms with van der Waals surface area (Å²) in [4.78, 5) is 9.53. The average molecular weight is 691 g/mol. The molecule has 0 radical (unpaired) electrons. The molecule has 9 aromatic carbocycles. The maximum absolute atomic E-state index is 4.79. The molecule has 0 bridgehead atoms. The highest BCUT2D eigenvalue weighted by atomic mass is 32.1. The van der Waals surface area contributed by atoms with Gasteiger partial charge in [0, 0.05) is 43.3 Å². The Labute approximate surface area is 310 Å². The lowest BCUT2D eigenvalue weighted by Gasteiger charge is -2.12. The van der Waals surface area contributed by atoms with Gasteiger partial charge in [-0.1, -0.05) is 133 Å². The Morgan fingerprint density at radius 1 is 0.321 bits per heavy atom. The van der Waals surface area contributed by atoms with Gasteiger partial charge < -0.3 is 0 Å². The van der Waals surface area contributed by atoms with Gasteiger partial charge in [0.25, 0.3) is 0 Å². The summed E-state index contributed by atoms with van der Waals surface area (Å²) in [6.07, 6.45) is 3.57. The van der Waals surface area contributed by atoms with Crippen molar-refractivity contribution in [3.63, 3.8) is 0 Å². The third-order valence-corrected chi connectivity index (χ3v) is 11.9. The summed E-state index contributed by atoms with van der Waals surface area (Å²) in [7, 11) is 0. The van der Waals surface area contributed by atoms with Gasteiger partial charge >= 0.3 is 0 Å². The predicted octanol–water partition coefficient (Wildman–Crippen LogP) is 14.1. The van der Waals surface area contributed by atoms with Crippen LogP contribution in [-0.2, 0) is 0 Å². The van der Waals surface area contributed by atoms with Gasteiger partial charge in [0.1, 0.15) is 0 Å². The molecule has 0 aliphatic carbocycles. The van der Waals surface area contributed by atoms with Crippen molar-refractivity contribution in [3.8, 4) is 44.5 Å².